The van der Waals surface area contributed by atoms with Gasteiger partial charge in [-0.25, -0.2) is 8.42 Å². The van der Waals surface area contributed by atoms with E-state index >= 15 is 0 Å². The summed E-state index contributed by atoms with van der Waals surface area (Å²) in [6, 6.07) is 14.8. The molecule has 1 N–H and O–H groups in total. The molecule has 3 rings (SSSR count). The molecule has 25 heavy (non-hydrogen) atoms. The maximum absolute atomic E-state index is 11.9. The van der Waals surface area contributed by atoms with Crippen LogP contribution in [0.5, 0.6) is 5.75 Å². The van der Waals surface area contributed by atoms with Crippen LogP contribution in [0.4, 0.5) is 0 Å². The van der Waals surface area contributed by atoms with Crippen LogP contribution in [-0.2, 0) is 14.6 Å². The van der Waals surface area contributed by atoms with E-state index in [1.54, 1.807) is 12.1 Å². The van der Waals surface area contributed by atoms with Gasteiger partial charge in [0.2, 0.25) is 0 Å². The van der Waals surface area contributed by atoms with Crippen LogP contribution in [0.25, 0.3) is 11.1 Å². The van der Waals surface area contributed by atoms with Gasteiger partial charge in [0.1, 0.15) is 5.75 Å². The molecule has 0 unspecified atom stereocenters. The summed E-state index contributed by atoms with van der Waals surface area (Å²) in [7, 11) is -3.02. The number of sulfone groups is 1. The molecule has 1 aliphatic rings. The summed E-state index contributed by atoms with van der Waals surface area (Å²) in [6.45, 7) is -0.207. The molecule has 1 fully saturated rings. The Morgan fingerprint density at radius 1 is 1.16 bits per heavy atom. The average molecular weight is 380 g/mol. The number of ether oxygens (including phenoxy) is 1. The van der Waals surface area contributed by atoms with Gasteiger partial charge < -0.3 is 10.1 Å². The number of halogens is 1. The molecule has 0 saturated carbocycles. The Labute approximate surface area is 151 Å². The first-order valence-electron chi connectivity index (χ1n) is 7.90. The third-order valence-electron chi connectivity index (χ3n) is 4.00. The van der Waals surface area contributed by atoms with Gasteiger partial charge in [-0.05, 0) is 29.7 Å². The molecule has 1 amide bonds. The van der Waals surface area contributed by atoms with Gasteiger partial charge in [-0.15, -0.1) is 0 Å². The number of carbonyl (C=O) groups excluding carboxylic acids is 1. The summed E-state index contributed by atoms with van der Waals surface area (Å²) in [5.41, 5.74) is 2.00. The molecule has 0 aromatic heterocycles. The Kier molecular flexibility index (Phi) is 5.30. The second-order valence-corrected chi connectivity index (χ2v) is 8.60. The summed E-state index contributed by atoms with van der Waals surface area (Å²) in [5.74, 6) is 0.164. The van der Waals surface area contributed by atoms with Crippen LogP contribution in [-0.4, -0.2) is 38.5 Å². The van der Waals surface area contributed by atoms with E-state index in [1.807, 2.05) is 36.4 Å². The Bertz CT molecular complexity index is 868. The van der Waals surface area contributed by atoms with Crippen LogP contribution in [0.3, 0.4) is 0 Å². The predicted octanol–water partition coefficient (Wildman–Crippen LogP) is 2.69. The van der Waals surface area contributed by atoms with Crippen molar-refractivity contribution in [3.63, 3.8) is 0 Å². The van der Waals surface area contributed by atoms with E-state index in [2.05, 4.69) is 5.32 Å². The van der Waals surface area contributed by atoms with Crippen molar-refractivity contribution in [3.8, 4) is 16.9 Å². The van der Waals surface area contributed by atoms with E-state index in [4.69, 9.17) is 16.3 Å². The smallest absolute Gasteiger partial charge is 0.258 e. The van der Waals surface area contributed by atoms with E-state index in [-0.39, 0.29) is 30.1 Å². The number of amides is 1. The molecule has 5 nitrogen and oxygen atoms in total. The van der Waals surface area contributed by atoms with Crippen LogP contribution in [0.1, 0.15) is 6.42 Å². The number of rotatable bonds is 5. The third kappa shape index (κ3) is 4.74. The van der Waals surface area contributed by atoms with Gasteiger partial charge in [0.05, 0.1) is 16.5 Å². The molecular formula is C18H18ClNO4S. The highest BCUT2D eigenvalue weighted by Gasteiger charge is 2.28. The molecule has 1 aliphatic heterocycles. The van der Waals surface area contributed by atoms with Gasteiger partial charge in [-0.3, -0.25) is 4.79 Å². The van der Waals surface area contributed by atoms with Gasteiger partial charge in [-0.2, -0.15) is 0 Å². The average Bonchev–Trinajstić information content (AvgIpc) is 2.93. The van der Waals surface area contributed by atoms with Crippen LogP contribution in [0.2, 0.25) is 5.02 Å². The number of hydrogen-bond acceptors (Lipinski definition) is 4. The largest absolute Gasteiger partial charge is 0.482 e. The molecule has 0 radical (unpaired) electrons. The minimum atomic E-state index is -3.02. The van der Waals surface area contributed by atoms with Crippen LogP contribution >= 0.6 is 11.6 Å². The van der Waals surface area contributed by atoms with Gasteiger partial charge in [-0.1, -0.05) is 48.0 Å². The number of carbonyl (C=O) groups is 1. The standard InChI is InChI=1S/C18H18ClNO4S/c19-16-10-14(13-4-2-1-3-5-13)6-7-17(16)24-11-18(21)20-15-8-9-25(22,23)12-15/h1-7,10,15H,8-9,11-12H2,(H,20,21)/t15-/m1/s1. The van der Waals surface area contributed by atoms with Crippen LogP contribution < -0.4 is 10.1 Å². The first kappa shape index (κ1) is 17.8. The lowest BCUT2D eigenvalue weighted by Gasteiger charge is -2.13. The molecule has 0 aliphatic carbocycles. The maximum atomic E-state index is 11.9. The third-order valence-corrected chi connectivity index (χ3v) is 6.06. The summed E-state index contributed by atoms with van der Waals surface area (Å²) in [5, 5.41) is 3.09. The zero-order chi connectivity index (χ0) is 17.9. The zero-order valence-corrected chi connectivity index (χ0v) is 15.0. The number of nitrogens with one attached hydrogen (secondary N) is 1. The summed E-state index contributed by atoms with van der Waals surface area (Å²) in [6.07, 6.45) is 0.445. The molecular weight excluding hydrogens is 362 g/mol. The molecule has 2 aromatic carbocycles. The molecule has 1 heterocycles. The summed E-state index contributed by atoms with van der Waals surface area (Å²) >= 11 is 6.23. The van der Waals surface area contributed by atoms with Crippen molar-refractivity contribution in [2.75, 3.05) is 18.1 Å². The van der Waals surface area contributed by atoms with Gasteiger partial charge >= 0.3 is 0 Å². The fourth-order valence-corrected chi connectivity index (χ4v) is 4.66. The van der Waals surface area contributed by atoms with E-state index in [0.29, 0.717) is 17.2 Å². The molecule has 1 saturated heterocycles. The Morgan fingerprint density at radius 3 is 2.56 bits per heavy atom. The van der Waals surface area contributed by atoms with Crippen molar-refractivity contribution in [2.45, 2.75) is 12.5 Å². The normalized spacial score (nSPS) is 18.7. The van der Waals surface area contributed by atoms with Crippen LogP contribution in [0, 0.1) is 0 Å². The SMILES string of the molecule is O=C(COc1ccc(-c2ccccc2)cc1Cl)N[C@@H]1CCS(=O)(=O)C1. The van der Waals surface area contributed by atoms with Gasteiger partial charge in [0.15, 0.2) is 16.4 Å². The molecule has 2 aromatic rings. The van der Waals surface area contributed by atoms with Gasteiger partial charge in [0, 0.05) is 6.04 Å². The lowest BCUT2D eigenvalue weighted by atomic mass is 10.1. The lowest BCUT2D eigenvalue weighted by Crippen LogP contribution is -2.38. The molecule has 0 spiro atoms. The second kappa shape index (κ2) is 7.45. The highest BCUT2D eigenvalue weighted by atomic mass is 35.5. The fourth-order valence-electron chi connectivity index (χ4n) is 2.75. The van der Waals surface area contributed by atoms with Crippen molar-refractivity contribution in [2.24, 2.45) is 0 Å². The fraction of sp³-hybridized carbons (Fsp3) is 0.278. The molecule has 132 valence electrons. The minimum absolute atomic E-state index is 0.00866. The predicted molar refractivity (Wildman–Crippen MR) is 97.6 cm³/mol. The number of benzene rings is 2. The van der Waals surface area contributed by atoms with E-state index in [9.17, 15) is 13.2 Å². The Balaban J connectivity index is 1.57. The monoisotopic (exact) mass is 379 g/mol. The molecule has 7 heteroatoms. The van der Waals surface area contributed by atoms with Crippen molar-refractivity contribution in [1.29, 1.82) is 0 Å². The Morgan fingerprint density at radius 2 is 1.92 bits per heavy atom. The number of hydrogen-bond donors (Lipinski definition) is 1. The first-order valence-corrected chi connectivity index (χ1v) is 10.1. The first-order chi connectivity index (χ1) is 11.9. The van der Waals surface area contributed by atoms with E-state index < -0.39 is 9.84 Å². The minimum Gasteiger partial charge on any atom is -0.482 e. The lowest BCUT2D eigenvalue weighted by molar-refractivity contribution is -0.123. The van der Waals surface area contributed by atoms with E-state index in [0.717, 1.165) is 11.1 Å². The van der Waals surface area contributed by atoms with E-state index in [1.165, 1.54) is 0 Å². The van der Waals surface area contributed by atoms with Crippen LogP contribution in [0.15, 0.2) is 48.5 Å². The van der Waals surface area contributed by atoms with Crippen molar-refractivity contribution in [3.05, 3.63) is 53.6 Å². The van der Waals surface area contributed by atoms with Crippen molar-refractivity contribution < 1.29 is 17.9 Å². The molecule has 1 atom stereocenters. The quantitative estimate of drug-likeness (QED) is 0.866. The van der Waals surface area contributed by atoms with Crippen molar-refractivity contribution >= 4 is 27.3 Å². The summed E-state index contributed by atoms with van der Waals surface area (Å²) < 4.78 is 28.2. The second-order valence-electron chi connectivity index (χ2n) is 5.97. The zero-order valence-electron chi connectivity index (χ0n) is 13.4. The molecule has 0 bridgehead atoms. The maximum Gasteiger partial charge on any atom is 0.258 e. The highest BCUT2D eigenvalue weighted by Crippen LogP contribution is 2.30. The Hall–Kier alpha value is -2.05. The van der Waals surface area contributed by atoms with Gasteiger partial charge in [0.25, 0.3) is 5.91 Å². The topological polar surface area (TPSA) is 72.5 Å². The van der Waals surface area contributed by atoms with Crippen molar-refractivity contribution in [1.82, 2.24) is 5.32 Å². The summed E-state index contributed by atoms with van der Waals surface area (Å²) in [4.78, 5) is 11.9. The highest BCUT2D eigenvalue weighted by molar-refractivity contribution is 7.91.